The molecule has 0 heterocycles. The number of benzene rings is 1. The molecule has 0 unspecified atom stereocenters. The Morgan fingerprint density at radius 3 is 2.31 bits per heavy atom. The van der Waals surface area contributed by atoms with E-state index in [0.717, 1.165) is 6.07 Å². The number of hydrogen-bond acceptors (Lipinski definition) is 3. The third-order valence-electron chi connectivity index (χ3n) is 1.63. The van der Waals surface area contributed by atoms with Crippen molar-refractivity contribution in [3.05, 3.63) is 23.5 Å². The van der Waals surface area contributed by atoms with Crippen LogP contribution < -0.4 is 9.47 Å². The third kappa shape index (κ3) is 1.77. The van der Waals surface area contributed by atoms with Gasteiger partial charge < -0.3 is 9.47 Å². The molecule has 0 fully saturated rings. The lowest BCUT2D eigenvalue weighted by Crippen LogP contribution is -1.95. The molecule has 0 bridgehead atoms. The van der Waals surface area contributed by atoms with Crippen LogP contribution in [0.5, 0.6) is 11.5 Å². The van der Waals surface area contributed by atoms with Crippen LogP contribution in [0.4, 0.5) is 4.39 Å². The van der Waals surface area contributed by atoms with Gasteiger partial charge in [-0.05, 0) is 6.07 Å². The van der Waals surface area contributed by atoms with E-state index in [9.17, 15) is 9.18 Å². The van der Waals surface area contributed by atoms with Crippen LogP contribution in [0.1, 0.15) is 10.4 Å². The Labute approximate surface area is 75.1 Å². The Balaban J connectivity index is 3.26. The molecule has 3 nitrogen and oxygen atoms in total. The van der Waals surface area contributed by atoms with Crippen LogP contribution in [0, 0.1) is 5.82 Å². The summed E-state index contributed by atoms with van der Waals surface area (Å²) < 4.78 is 22.6. The van der Waals surface area contributed by atoms with E-state index in [0.29, 0.717) is 12.0 Å². The molecule has 1 aromatic carbocycles. The number of ether oxygens (including phenoxy) is 2. The van der Waals surface area contributed by atoms with Crippen molar-refractivity contribution in [3.8, 4) is 11.5 Å². The highest BCUT2D eigenvalue weighted by Crippen LogP contribution is 2.26. The highest BCUT2D eigenvalue weighted by molar-refractivity contribution is 5.79. The Bertz CT molecular complexity index is 323. The minimum Gasteiger partial charge on any atom is -0.496 e. The van der Waals surface area contributed by atoms with E-state index in [2.05, 4.69) is 0 Å². The van der Waals surface area contributed by atoms with Crippen LogP contribution in [0.3, 0.4) is 0 Å². The summed E-state index contributed by atoms with van der Waals surface area (Å²) in [5, 5.41) is 0. The molecule has 0 saturated carbocycles. The minimum absolute atomic E-state index is 0.0578. The van der Waals surface area contributed by atoms with Crippen LogP contribution in [0.2, 0.25) is 0 Å². The summed E-state index contributed by atoms with van der Waals surface area (Å²) in [6.07, 6.45) is 0.529. The average molecular weight is 184 g/mol. The molecule has 0 saturated heterocycles. The summed E-state index contributed by atoms with van der Waals surface area (Å²) in [6.45, 7) is 0. The molecule has 0 radical (unpaired) electrons. The fourth-order valence-corrected chi connectivity index (χ4v) is 0.975. The lowest BCUT2D eigenvalue weighted by atomic mass is 10.2. The summed E-state index contributed by atoms with van der Waals surface area (Å²) in [5.41, 5.74) is 0.167. The smallest absolute Gasteiger partial charge is 0.166 e. The topological polar surface area (TPSA) is 35.5 Å². The van der Waals surface area contributed by atoms with Crippen molar-refractivity contribution in [1.82, 2.24) is 0 Å². The molecular formula is C9H9FO3. The van der Waals surface area contributed by atoms with E-state index >= 15 is 0 Å². The van der Waals surface area contributed by atoms with Gasteiger partial charge in [0.05, 0.1) is 19.8 Å². The summed E-state index contributed by atoms with van der Waals surface area (Å²) in [7, 11) is 2.75. The van der Waals surface area contributed by atoms with Crippen LogP contribution in [0.25, 0.3) is 0 Å². The van der Waals surface area contributed by atoms with Crippen molar-refractivity contribution in [2.45, 2.75) is 0 Å². The fraction of sp³-hybridized carbons (Fsp3) is 0.222. The van der Waals surface area contributed by atoms with Crippen molar-refractivity contribution in [2.75, 3.05) is 14.2 Å². The van der Waals surface area contributed by atoms with Crippen LogP contribution in [-0.2, 0) is 0 Å². The summed E-state index contributed by atoms with van der Waals surface area (Å²) in [6, 6.07) is 2.41. The molecule has 0 aromatic heterocycles. The van der Waals surface area contributed by atoms with Gasteiger partial charge in [0.15, 0.2) is 17.9 Å². The molecule has 0 spiro atoms. The standard InChI is InChI=1S/C9H9FO3/c1-12-8-4-9(13-2)7(10)3-6(8)5-11/h3-5H,1-2H3. The van der Waals surface area contributed by atoms with Crippen LogP contribution in [-0.4, -0.2) is 20.5 Å². The first-order valence-corrected chi connectivity index (χ1v) is 3.59. The molecule has 0 atom stereocenters. The first-order chi connectivity index (χ1) is 6.22. The number of carbonyl (C=O) groups excluding carboxylic acids is 1. The second-order valence-corrected chi connectivity index (χ2v) is 2.35. The molecule has 0 aliphatic heterocycles. The first kappa shape index (κ1) is 9.51. The maximum absolute atomic E-state index is 13.0. The molecule has 13 heavy (non-hydrogen) atoms. The number of halogens is 1. The Hall–Kier alpha value is -1.58. The zero-order chi connectivity index (χ0) is 9.84. The van der Waals surface area contributed by atoms with Crippen molar-refractivity contribution in [1.29, 1.82) is 0 Å². The van der Waals surface area contributed by atoms with E-state index < -0.39 is 5.82 Å². The molecule has 1 aromatic rings. The predicted octanol–water partition coefficient (Wildman–Crippen LogP) is 1.66. The summed E-state index contributed by atoms with van der Waals surface area (Å²) in [4.78, 5) is 10.5. The number of rotatable bonds is 3. The monoisotopic (exact) mass is 184 g/mol. The SMILES string of the molecule is COc1cc(OC)c(C=O)cc1F. The second-order valence-electron chi connectivity index (χ2n) is 2.35. The van der Waals surface area contributed by atoms with Gasteiger partial charge in [-0.3, -0.25) is 4.79 Å². The molecule has 0 N–H and O–H groups in total. The Morgan fingerprint density at radius 2 is 1.85 bits per heavy atom. The van der Waals surface area contributed by atoms with E-state index in [-0.39, 0.29) is 11.3 Å². The highest BCUT2D eigenvalue weighted by atomic mass is 19.1. The van der Waals surface area contributed by atoms with Gasteiger partial charge in [0, 0.05) is 6.07 Å². The molecular weight excluding hydrogens is 175 g/mol. The van der Waals surface area contributed by atoms with Gasteiger partial charge >= 0.3 is 0 Å². The molecule has 0 aliphatic rings. The normalized spacial score (nSPS) is 9.46. The van der Waals surface area contributed by atoms with E-state index in [4.69, 9.17) is 9.47 Å². The largest absolute Gasteiger partial charge is 0.496 e. The van der Waals surface area contributed by atoms with Gasteiger partial charge in [0.25, 0.3) is 0 Å². The summed E-state index contributed by atoms with van der Waals surface area (Å²) >= 11 is 0. The van der Waals surface area contributed by atoms with Gasteiger partial charge in [-0.1, -0.05) is 0 Å². The average Bonchev–Trinajstić information content (AvgIpc) is 2.17. The minimum atomic E-state index is -0.578. The number of aldehydes is 1. The molecule has 4 heteroatoms. The molecule has 0 aliphatic carbocycles. The second kappa shape index (κ2) is 3.89. The number of methoxy groups -OCH3 is 2. The van der Waals surface area contributed by atoms with Gasteiger partial charge in [0.1, 0.15) is 5.75 Å². The summed E-state index contributed by atoms with van der Waals surface area (Å²) in [5.74, 6) is -0.221. The third-order valence-corrected chi connectivity index (χ3v) is 1.63. The van der Waals surface area contributed by atoms with Gasteiger partial charge in [0.2, 0.25) is 0 Å². The van der Waals surface area contributed by atoms with Gasteiger partial charge in [-0.2, -0.15) is 0 Å². The fourth-order valence-electron chi connectivity index (χ4n) is 0.975. The molecule has 1 rings (SSSR count). The first-order valence-electron chi connectivity index (χ1n) is 3.59. The van der Waals surface area contributed by atoms with E-state index in [1.807, 2.05) is 0 Å². The van der Waals surface area contributed by atoms with Crippen molar-refractivity contribution < 1.29 is 18.7 Å². The van der Waals surface area contributed by atoms with Crippen LogP contribution >= 0.6 is 0 Å². The van der Waals surface area contributed by atoms with Crippen molar-refractivity contribution >= 4 is 6.29 Å². The lowest BCUT2D eigenvalue weighted by Gasteiger charge is -2.06. The number of carbonyl (C=O) groups is 1. The zero-order valence-electron chi connectivity index (χ0n) is 7.33. The number of hydrogen-bond donors (Lipinski definition) is 0. The predicted molar refractivity (Wildman–Crippen MR) is 44.9 cm³/mol. The van der Waals surface area contributed by atoms with E-state index in [1.165, 1.54) is 20.3 Å². The zero-order valence-corrected chi connectivity index (χ0v) is 7.33. The van der Waals surface area contributed by atoms with E-state index in [1.54, 1.807) is 0 Å². The van der Waals surface area contributed by atoms with Crippen molar-refractivity contribution in [2.24, 2.45) is 0 Å². The van der Waals surface area contributed by atoms with Crippen LogP contribution in [0.15, 0.2) is 12.1 Å². The van der Waals surface area contributed by atoms with Gasteiger partial charge in [-0.25, -0.2) is 4.39 Å². The van der Waals surface area contributed by atoms with Gasteiger partial charge in [-0.15, -0.1) is 0 Å². The lowest BCUT2D eigenvalue weighted by molar-refractivity contribution is 0.112. The molecule has 0 amide bonds. The van der Waals surface area contributed by atoms with Crippen molar-refractivity contribution in [3.63, 3.8) is 0 Å². The highest BCUT2D eigenvalue weighted by Gasteiger charge is 2.09. The maximum Gasteiger partial charge on any atom is 0.166 e. The maximum atomic E-state index is 13.0. The Kier molecular flexibility index (Phi) is 2.84. The molecule has 70 valence electrons. The quantitative estimate of drug-likeness (QED) is 0.670. The Morgan fingerprint density at radius 1 is 1.23 bits per heavy atom.